The third-order valence-corrected chi connectivity index (χ3v) is 4.96. The van der Waals surface area contributed by atoms with E-state index in [1.54, 1.807) is 11.3 Å². The third kappa shape index (κ3) is 1.89. The van der Waals surface area contributed by atoms with Gasteiger partial charge in [-0.15, -0.1) is 5.10 Å². The number of hydrogen-bond acceptors (Lipinski definition) is 4. The van der Waals surface area contributed by atoms with Gasteiger partial charge < -0.3 is 4.90 Å². The molecule has 0 radical (unpaired) electrons. The van der Waals surface area contributed by atoms with Gasteiger partial charge in [0.2, 0.25) is 10.1 Å². The van der Waals surface area contributed by atoms with Crippen LogP contribution in [0.15, 0.2) is 30.5 Å². The Morgan fingerprint density at radius 2 is 2.15 bits per heavy atom. The lowest BCUT2D eigenvalue weighted by molar-refractivity contribution is 0.868. The fourth-order valence-electron chi connectivity index (χ4n) is 2.30. The van der Waals surface area contributed by atoms with E-state index in [1.807, 2.05) is 35.0 Å². The molecule has 1 fully saturated rings. The van der Waals surface area contributed by atoms with Crippen molar-refractivity contribution < 1.29 is 0 Å². The third-order valence-electron chi connectivity index (χ3n) is 3.62. The number of nitrogens with zero attached hydrogens (tertiary/aromatic N) is 4. The molecule has 0 N–H and O–H groups in total. The first kappa shape index (κ1) is 12.2. The van der Waals surface area contributed by atoms with Gasteiger partial charge in [-0.05, 0) is 18.9 Å². The first-order valence-corrected chi connectivity index (χ1v) is 7.76. The highest BCUT2D eigenvalue weighted by atomic mass is 35.5. The van der Waals surface area contributed by atoms with Crippen molar-refractivity contribution in [3.05, 3.63) is 35.5 Å². The highest BCUT2D eigenvalue weighted by Crippen LogP contribution is 2.35. The number of imidazole rings is 1. The van der Waals surface area contributed by atoms with E-state index < -0.39 is 0 Å². The molecule has 1 saturated carbocycles. The van der Waals surface area contributed by atoms with Crippen LogP contribution in [-0.2, 0) is 0 Å². The number of hydrogen-bond donors (Lipinski definition) is 0. The van der Waals surface area contributed by atoms with Gasteiger partial charge in [-0.3, -0.25) is 0 Å². The van der Waals surface area contributed by atoms with Crippen LogP contribution in [0.5, 0.6) is 0 Å². The molecule has 1 aliphatic carbocycles. The molecule has 0 amide bonds. The maximum atomic E-state index is 6.27. The second-order valence-electron chi connectivity index (χ2n) is 5.04. The highest BCUT2D eigenvalue weighted by molar-refractivity contribution is 7.20. The van der Waals surface area contributed by atoms with Crippen LogP contribution >= 0.6 is 22.9 Å². The lowest BCUT2D eigenvalue weighted by Crippen LogP contribution is -2.19. The van der Waals surface area contributed by atoms with Gasteiger partial charge in [0.1, 0.15) is 0 Å². The largest absolute Gasteiger partial charge is 0.347 e. The van der Waals surface area contributed by atoms with Gasteiger partial charge in [-0.25, -0.2) is 9.50 Å². The summed E-state index contributed by atoms with van der Waals surface area (Å²) in [6.07, 6.45) is 4.35. The van der Waals surface area contributed by atoms with Gasteiger partial charge in [-0.1, -0.05) is 41.1 Å². The Balaban J connectivity index is 1.82. The molecule has 0 atom stereocenters. The summed E-state index contributed by atoms with van der Waals surface area (Å²) >= 11 is 7.89. The van der Waals surface area contributed by atoms with Crippen LogP contribution in [0.25, 0.3) is 16.2 Å². The molecule has 6 heteroatoms. The molecular weight excluding hydrogens is 292 g/mol. The van der Waals surface area contributed by atoms with Crippen molar-refractivity contribution in [2.45, 2.75) is 18.9 Å². The number of fused-ring (bicyclic) bond motifs is 1. The molecule has 20 heavy (non-hydrogen) atoms. The van der Waals surface area contributed by atoms with E-state index in [9.17, 15) is 0 Å². The molecule has 102 valence electrons. The van der Waals surface area contributed by atoms with Gasteiger partial charge in [0.05, 0.1) is 16.9 Å². The molecule has 0 spiro atoms. The van der Waals surface area contributed by atoms with Gasteiger partial charge in [0, 0.05) is 18.7 Å². The van der Waals surface area contributed by atoms with Crippen molar-refractivity contribution in [1.82, 2.24) is 14.6 Å². The minimum absolute atomic E-state index is 0.648. The van der Waals surface area contributed by atoms with Gasteiger partial charge in [0.15, 0.2) is 0 Å². The Labute approximate surface area is 125 Å². The number of aromatic nitrogens is 3. The summed E-state index contributed by atoms with van der Waals surface area (Å²) in [5.41, 5.74) is 1.91. The Kier molecular flexibility index (Phi) is 2.72. The zero-order valence-electron chi connectivity index (χ0n) is 11.0. The molecular formula is C14H13ClN4S. The van der Waals surface area contributed by atoms with Crippen LogP contribution in [0.2, 0.25) is 5.02 Å². The van der Waals surface area contributed by atoms with E-state index in [-0.39, 0.29) is 0 Å². The second-order valence-corrected chi connectivity index (χ2v) is 6.39. The van der Waals surface area contributed by atoms with Crippen LogP contribution in [0.3, 0.4) is 0 Å². The van der Waals surface area contributed by atoms with Crippen molar-refractivity contribution >= 4 is 33.0 Å². The SMILES string of the molecule is CN(c1nn2c(-c3ccccc3Cl)cnc2s1)C1CC1. The fraction of sp³-hybridized carbons (Fsp3) is 0.286. The Morgan fingerprint density at radius 3 is 2.90 bits per heavy atom. The smallest absolute Gasteiger partial charge is 0.214 e. The van der Waals surface area contributed by atoms with Crippen molar-refractivity contribution in [1.29, 1.82) is 0 Å². The van der Waals surface area contributed by atoms with Crippen LogP contribution in [0, 0.1) is 0 Å². The maximum absolute atomic E-state index is 6.27. The molecule has 4 rings (SSSR count). The van der Waals surface area contributed by atoms with Crippen LogP contribution in [-0.4, -0.2) is 27.7 Å². The predicted molar refractivity (Wildman–Crippen MR) is 82.7 cm³/mol. The summed E-state index contributed by atoms with van der Waals surface area (Å²) in [6, 6.07) is 8.44. The Hall–Kier alpha value is -1.59. The second kappa shape index (κ2) is 4.46. The predicted octanol–water partition coefficient (Wildman–Crippen LogP) is 3.71. The number of rotatable bonds is 3. The van der Waals surface area contributed by atoms with Gasteiger partial charge in [-0.2, -0.15) is 0 Å². The van der Waals surface area contributed by atoms with Gasteiger partial charge in [0.25, 0.3) is 0 Å². The van der Waals surface area contributed by atoms with Crippen molar-refractivity contribution in [2.75, 3.05) is 11.9 Å². The topological polar surface area (TPSA) is 33.4 Å². The van der Waals surface area contributed by atoms with Crippen molar-refractivity contribution in [3.63, 3.8) is 0 Å². The molecule has 1 aliphatic rings. The van der Waals surface area contributed by atoms with Crippen molar-refractivity contribution in [3.8, 4) is 11.3 Å². The molecule has 2 heterocycles. The molecule has 0 aliphatic heterocycles. The number of benzene rings is 1. The fourth-order valence-corrected chi connectivity index (χ4v) is 3.44. The summed E-state index contributed by atoms with van der Waals surface area (Å²) in [4.78, 5) is 7.60. The zero-order chi connectivity index (χ0) is 13.7. The van der Waals surface area contributed by atoms with E-state index in [2.05, 4.69) is 16.9 Å². The zero-order valence-corrected chi connectivity index (χ0v) is 12.5. The maximum Gasteiger partial charge on any atom is 0.214 e. The van der Waals surface area contributed by atoms with Crippen LogP contribution in [0.1, 0.15) is 12.8 Å². The average Bonchev–Trinajstić information content (AvgIpc) is 3.09. The van der Waals surface area contributed by atoms with Gasteiger partial charge >= 0.3 is 0 Å². The van der Waals surface area contributed by atoms with Crippen LogP contribution in [0.4, 0.5) is 5.13 Å². The van der Waals surface area contributed by atoms with E-state index in [1.165, 1.54) is 12.8 Å². The lowest BCUT2D eigenvalue weighted by atomic mass is 10.2. The monoisotopic (exact) mass is 304 g/mol. The van der Waals surface area contributed by atoms with E-state index in [4.69, 9.17) is 16.7 Å². The average molecular weight is 305 g/mol. The van der Waals surface area contributed by atoms with E-state index >= 15 is 0 Å². The molecule has 2 aromatic heterocycles. The summed E-state index contributed by atoms with van der Waals surface area (Å²) in [7, 11) is 2.10. The number of halogens is 1. The lowest BCUT2D eigenvalue weighted by Gasteiger charge is -2.12. The Morgan fingerprint density at radius 1 is 1.35 bits per heavy atom. The normalized spacial score (nSPS) is 14.9. The molecule has 1 aromatic carbocycles. The summed E-state index contributed by atoms with van der Waals surface area (Å²) in [6.45, 7) is 0. The standard InChI is InChI=1S/C14H13ClN4S/c1-18(9-6-7-9)14-17-19-12(8-16-13(19)20-14)10-4-2-3-5-11(10)15/h2-5,8-9H,6-7H2,1H3. The quantitative estimate of drug-likeness (QED) is 0.739. The van der Waals surface area contributed by atoms with E-state index in [0.717, 1.165) is 26.4 Å². The highest BCUT2D eigenvalue weighted by Gasteiger charge is 2.29. The molecule has 4 nitrogen and oxygen atoms in total. The Bertz CT molecular complexity index is 774. The molecule has 0 bridgehead atoms. The summed E-state index contributed by atoms with van der Waals surface area (Å²) < 4.78 is 1.89. The summed E-state index contributed by atoms with van der Waals surface area (Å²) in [5.74, 6) is 0. The first-order valence-electron chi connectivity index (χ1n) is 6.56. The first-order chi connectivity index (χ1) is 9.74. The van der Waals surface area contributed by atoms with E-state index in [0.29, 0.717) is 6.04 Å². The van der Waals surface area contributed by atoms with Crippen molar-refractivity contribution in [2.24, 2.45) is 0 Å². The number of anilines is 1. The molecule has 3 aromatic rings. The molecule has 0 unspecified atom stereocenters. The van der Waals surface area contributed by atoms with Crippen LogP contribution < -0.4 is 4.90 Å². The minimum Gasteiger partial charge on any atom is -0.347 e. The summed E-state index contributed by atoms with van der Waals surface area (Å²) in [5, 5.41) is 6.43. The molecule has 0 saturated heterocycles. The minimum atomic E-state index is 0.648.